The molecule has 4 aromatic rings. The molecule has 186 valence electrons. The summed E-state index contributed by atoms with van der Waals surface area (Å²) < 4.78 is 18.7. The Hall–Kier alpha value is -4.10. The molecule has 1 aromatic heterocycles. The number of rotatable bonds is 5. The molecular weight excluding hydrogens is 484 g/mol. The van der Waals surface area contributed by atoms with Gasteiger partial charge in [0.25, 0.3) is 5.56 Å². The van der Waals surface area contributed by atoms with Crippen LogP contribution in [-0.2, 0) is 6.42 Å². The van der Waals surface area contributed by atoms with Gasteiger partial charge in [-0.3, -0.25) is 9.36 Å². The van der Waals surface area contributed by atoms with E-state index in [9.17, 15) is 4.79 Å². The number of nitrogens with zero attached hydrogens (tertiary/aromatic N) is 2. The maximum Gasteiger partial charge on any atom is 0.271 e. The minimum Gasteiger partial charge on any atom is -0.497 e. The Bertz CT molecular complexity index is 1710. The molecule has 6 nitrogen and oxygen atoms in total. The minimum atomic E-state index is -0.231. The van der Waals surface area contributed by atoms with Crippen LogP contribution in [0.1, 0.15) is 34.7 Å². The number of thiazole rings is 1. The monoisotopic (exact) mass is 510 g/mol. The Morgan fingerprint density at radius 3 is 2.43 bits per heavy atom. The zero-order chi connectivity index (χ0) is 25.5. The van der Waals surface area contributed by atoms with Crippen LogP contribution in [0, 0.1) is 0 Å². The summed E-state index contributed by atoms with van der Waals surface area (Å²) in [4.78, 5) is 19.7. The minimum absolute atomic E-state index is 0.0622. The Morgan fingerprint density at radius 1 is 0.919 bits per heavy atom. The molecule has 0 radical (unpaired) electrons. The van der Waals surface area contributed by atoms with Crippen molar-refractivity contribution in [3.63, 3.8) is 0 Å². The Kier molecular flexibility index (Phi) is 5.93. The quantitative estimate of drug-likeness (QED) is 0.401. The van der Waals surface area contributed by atoms with E-state index in [0.717, 1.165) is 41.0 Å². The molecule has 0 spiro atoms. The van der Waals surface area contributed by atoms with Crippen LogP contribution in [0.25, 0.3) is 11.8 Å². The summed E-state index contributed by atoms with van der Waals surface area (Å²) in [6.45, 7) is 0. The lowest BCUT2D eigenvalue weighted by molar-refractivity contribution is 0.393. The van der Waals surface area contributed by atoms with Crippen molar-refractivity contribution >= 4 is 23.1 Å². The molecule has 0 saturated carbocycles. The molecular formula is C30H26N2O4S. The lowest BCUT2D eigenvalue weighted by atomic mass is 9.83. The highest BCUT2D eigenvalue weighted by Gasteiger charge is 2.32. The normalized spacial score (nSPS) is 16.4. The number of methoxy groups -OCH3 is 3. The summed E-state index contributed by atoms with van der Waals surface area (Å²) in [7, 11) is 4.89. The van der Waals surface area contributed by atoms with E-state index < -0.39 is 0 Å². The van der Waals surface area contributed by atoms with Crippen LogP contribution >= 0.6 is 11.3 Å². The van der Waals surface area contributed by atoms with Gasteiger partial charge in [0.2, 0.25) is 0 Å². The van der Waals surface area contributed by atoms with E-state index in [-0.39, 0.29) is 11.6 Å². The number of benzene rings is 3. The Morgan fingerprint density at radius 2 is 1.68 bits per heavy atom. The maximum absolute atomic E-state index is 13.9. The zero-order valence-electron chi connectivity index (χ0n) is 20.9. The summed E-state index contributed by atoms with van der Waals surface area (Å²) in [5.74, 6) is 2.12. The van der Waals surface area contributed by atoms with Crippen LogP contribution in [-0.4, -0.2) is 25.9 Å². The van der Waals surface area contributed by atoms with Gasteiger partial charge in [0.15, 0.2) is 4.80 Å². The third kappa shape index (κ3) is 3.96. The lowest BCUT2D eigenvalue weighted by Crippen LogP contribution is -2.38. The van der Waals surface area contributed by atoms with E-state index in [4.69, 9.17) is 19.2 Å². The SMILES string of the molecule is COc1ccc([C@@H]2C3=C(N=c4s/c(=C/c5ccc(OC)cc5OC)c(=O)n42)c2ccccc2CC3)cc1. The summed E-state index contributed by atoms with van der Waals surface area (Å²) in [5.41, 5.74) is 6.38. The van der Waals surface area contributed by atoms with Gasteiger partial charge in [-0.15, -0.1) is 0 Å². The van der Waals surface area contributed by atoms with E-state index in [1.807, 2.05) is 53.1 Å². The Balaban J connectivity index is 1.59. The molecule has 1 atom stereocenters. The van der Waals surface area contributed by atoms with Crippen LogP contribution in [0.4, 0.5) is 0 Å². The summed E-state index contributed by atoms with van der Waals surface area (Å²) in [6.07, 6.45) is 3.65. The first-order valence-corrected chi connectivity index (χ1v) is 12.9. The molecule has 1 aliphatic heterocycles. The molecule has 7 heteroatoms. The molecule has 0 N–H and O–H groups in total. The number of aryl methyl sites for hydroxylation is 1. The van der Waals surface area contributed by atoms with Gasteiger partial charge in [-0.05, 0) is 59.9 Å². The van der Waals surface area contributed by atoms with Gasteiger partial charge in [0.1, 0.15) is 17.2 Å². The maximum atomic E-state index is 13.9. The molecule has 1 aliphatic carbocycles. The van der Waals surface area contributed by atoms with Gasteiger partial charge in [-0.2, -0.15) is 0 Å². The van der Waals surface area contributed by atoms with E-state index in [2.05, 4.69) is 24.3 Å². The highest BCUT2D eigenvalue weighted by molar-refractivity contribution is 7.07. The van der Waals surface area contributed by atoms with Crippen LogP contribution < -0.4 is 29.1 Å². The fraction of sp³-hybridized carbons (Fsp3) is 0.200. The fourth-order valence-corrected chi connectivity index (χ4v) is 6.18. The molecule has 3 aromatic carbocycles. The average Bonchev–Trinajstić information content (AvgIpc) is 3.26. The van der Waals surface area contributed by atoms with Crippen molar-refractivity contribution in [2.45, 2.75) is 18.9 Å². The molecule has 6 rings (SSSR count). The number of ether oxygens (including phenoxy) is 3. The van der Waals surface area contributed by atoms with Crippen molar-refractivity contribution in [2.75, 3.05) is 21.3 Å². The topological polar surface area (TPSA) is 62.0 Å². The largest absolute Gasteiger partial charge is 0.497 e. The third-order valence-corrected chi connectivity index (χ3v) is 8.01. The van der Waals surface area contributed by atoms with Gasteiger partial charge in [0, 0.05) is 17.2 Å². The predicted octanol–water partition coefficient (Wildman–Crippen LogP) is 4.34. The van der Waals surface area contributed by atoms with E-state index >= 15 is 0 Å². The fourth-order valence-electron chi connectivity index (χ4n) is 5.19. The van der Waals surface area contributed by atoms with E-state index in [1.165, 1.54) is 22.5 Å². The van der Waals surface area contributed by atoms with Crippen molar-refractivity contribution in [2.24, 2.45) is 4.99 Å². The standard InChI is InChI=1S/C30H26N2O4S/c1-34-21-12-8-19(9-13-21)28-24-15-11-18-6-4-5-7-23(18)27(24)31-30-32(28)29(33)26(37-30)16-20-10-14-22(35-2)17-25(20)36-3/h4-10,12-14,16-17,28H,11,15H2,1-3H3/b26-16+/t28-/m1/s1. The van der Waals surface area contributed by atoms with E-state index in [0.29, 0.717) is 20.8 Å². The second kappa shape index (κ2) is 9.41. The predicted molar refractivity (Wildman–Crippen MR) is 145 cm³/mol. The van der Waals surface area contributed by atoms with Gasteiger partial charge in [-0.1, -0.05) is 47.7 Å². The van der Waals surface area contributed by atoms with E-state index in [1.54, 1.807) is 21.3 Å². The summed E-state index contributed by atoms with van der Waals surface area (Å²) >= 11 is 1.40. The van der Waals surface area contributed by atoms with Crippen molar-refractivity contribution in [3.05, 3.63) is 114 Å². The first-order chi connectivity index (χ1) is 18.1. The average molecular weight is 511 g/mol. The van der Waals surface area contributed by atoms with Crippen LogP contribution in [0.2, 0.25) is 0 Å². The molecule has 37 heavy (non-hydrogen) atoms. The molecule has 0 unspecified atom stereocenters. The van der Waals surface area contributed by atoms with Crippen LogP contribution in [0.3, 0.4) is 0 Å². The lowest BCUT2D eigenvalue weighted by Gasteiger charge is -2.30. The molecule has 0 bridgehead atoms. The van der Waals surface area contributed by atoms with Gasteiger partial charge >= 0.3 is 0 Å². The first-order valence-electron chi connectivity index (χ1n) is 12.1. The van der Waals surface area contributed by atoms with Gasteiger partial charge < -0.3 is 14.2 Å². The zero-order valence-corrected chi connectivity index (χ0v) is 21.7. The molecule has 2 aliphatic rings. The summed E-state index contributed by atoms with van der Waals surface area (Å²) in [6, 6.07) is 21.8. The van der Waals surface area contributed by atoms with Gasteiger partial charge in [-0.25, -0.2) is 4.99 Å². The number of aromatic nitrogens is 1. The molecule has 0 fully saturated rings. The molecule has 2 heterocycles. The van der Waals surface area contributed by atoms with Crippen molar-refractivity contribution in [1.29, 1.82) is 0 Å². The highest BCUT2D eigenvalue weighted by atomic mass is 32.1. The Labute approximate surface area is 218 Å². The van der Waals surface area contributed by atoms with Crippen molar-refractivity contribution < 1.29 is 14.2 Å². The number of hydrogen-bond donors (Lipinski definition) is 0. The number of fused-ring (bicyclic) bond motifs is 3. The number of hydrogen-bond acceptors (Lipinski definition) is 6. The highest BCUT2D eigenvalue weighted by Crippen LogP contribution is 2.41. The first kappa shape index (κ1) is 23.3. The second-order valence-corrected chi connectivity index (χ2v) is 10.0. The van der Waals surface area contributed by atoms with Gasteiger partial charge in [0.05, 0.1) is 37.6 Å². The summed E-state index contributed by atoms with van der Waals surface area (Å²) in [5, 5.41) is 0. The molecule has 0 saturated heterocycles. The van der Waals surface area contributed by atoms with Crippen LogP contribution in [0.5, 0.6) is 17.2 Å². The number of allylic oxidation sites excluding steroid dienone is 1. The van der Waals surface area contributed by atoms with Crippen molar-refractivity contribution in [1.82, 2.24) is 4.57 Å². The smallest absolute Gasteiger partial charge is 0.271 e. The second-order valence-electron chi connectivity index (χ2n) is 8.99. The third-order valence-electron chi connectivity index (χ3n) is 7.03. The van der Waals surface area contributed by atoms with Crippen molar-refractivity contribution in [3.8, 4) is 17.2 Å². The van der Waals surface area contributed by atoms with Crippen LogP contribution in [0.15, 0.2) is 82.1 Å². The molecule has 0 amide bonds.